The molecular formula is C23H33NO8. The van der Waals surface area contributed by atoms with Gasteiger partial charge >= 0.3 is 12.1 Å². The van der Waals surface area contributed by atoms with Crippen molar-refractivity contribution in [1.82, 2.24) is 5.32 Å². The smallest absolute Gasteiger partial charge is 0.493 e. The number of carbonyl (C=O) groups excluding carboxylic acids is 3. The van der Waals surface area contributed by atoms with Gasteiger partial charge in [0.2, 0.25) is 12.7 Å². The van der Waals surface area contributed by atoms with Gasteiger partial charge in [0.25, 0.3) is 0 Å². The van der Waals surface area contributed by atoms with Gasteiger partial charge in [-0.2, -0.15) is 0 Å². The van der Waals surface area contributed by atoms with E-state index < -0.39 is 25.0 Å². The van der Waals surface area contributed by atoms with E-state index in [2.05, 4.69) is 40.8 Å². The second-order valence-electron chi connectivity index (χ2n) is 7.43. The predicted octanol–water partition coefficient (Wildman–Crippen LogP) is 3.48. The normalized spacial score (nSPS) is 11.8. The van der Waals surface area contributed by atoms with Crippen LogP contribution < -0.4 is 14.8 Å². The molecule has 1 unspecified atom stereocenters. The van der Waals surface area contributed by atoms with Gasteiger partial charge in [0, 0.05) is 13.0 Å². The standard InChI is InChI=1S/C23H33NO8/c1-16(2)9-7-5-6-8-10-21(26)24-14-18-11-12-19(20(13-18)29-4)32-23(28)31-15-30-22(27)17(3)25/h7,9,11-13,16-17,25H,5-6,8,10,14-15H2,1-4H3,(H,24,26)/b9-7+. The lowest BCUT2D eigenvalue weighted by molar-refractivity contribution is -0.161. The molecule has 0 aromatic heterocycles. The van der Waals surface area contributed by atoms with Gasteiger partial charge in [0.05, 0.1) is 7.11 Å². The number of aliphatic hydroxyl groups excluding tert-OH is 1. The lowest BCUT2D eigenvalue weighted by atomic mass is 10.1. The first kappa shape index (κ1) is 27.0. The molecule has 1 aromatic carbocycles. The summed E-state index contributed by atoms with van der Waals surface area (Å²) in [5, 5.41) is 11.8. The van der Waals surface area contributed by atoms with E-state index in [0.29, 0.717) is 18.9 Å². The zero-order chi connectivity index (χ0) is 23.9. The number of hydrogen-bond acceptors (Lipinski definition) is 8. The molecular weight excluding hydrogens is 418 g/mol. The van der Waals surface area contributed by atoms with Gasteiger partial charge in [0.15, 0.2) is 11.5 Å². The first-order valence-corrected chi connectivity index (χ1v) is 10.5. The zero-order valence-electron chi connectivity index (χ0n) is 19.1. The number of allylic oxidation sites excluding steroid dienone is 2. The van der Waals surface area contributed by atoms with Gasteiger partial charge in [-0.15, -0.1) is 0 Å². The van der Waals surface area contributed by atoms with E-state index >= 15 is 0 Å². The monoisotopic (exact) mass is 451 g/mol. The number of amides is 1. The van der Waals surface area contributed by atoms with Crippen molar-refractivity contribution in [2.45, 2.75) is 59.1 Å². The van der Waals surface area contributed by atoms with Crippen LogP contribution in [0.5, 0.6) is 11.5 Å². The number of aliphatic hydroxyl groups is 1. The summed E-state index contributed by atoms with van der Waals surface area (Å²) in [5.41, 5.74) is 0.765. The van der Waals surface area contributed by atoms with Crippen molar-refractivity contribution in [3.05, 3.63) is 35.9 Å². The molecule has 0 aliphatic heterocycles. The Bertz CT molecular complexity index is 773. The molecule has 178 valence electrons. The molecule has 0 saturated carbocycles. The molecule has 9 heteroatoms. The van der Waals surface area contributed by atoms with Crippen LogP contribution in [0.25, 0.3) is 0 Å². The van der Waals surface area contributed by atoms with E-state index in [4.69, 9.17) is 14.6 Å². The molecule has 0 aliphatic carbocycles. The van der Waals surface area contributed by atoms with E-state index in [0.717, 1.165) is 24.8 Å². The first-order valence-electron chi connectivity index (χ1n) is 10.5. The molecule has 0 spiro atoms. The summed E-state index contributed by atoms with van der Waals surface area (Å²) >= 11 is 0. The minimum atomic E-state index is -1.32. The van der Waals surface area contributed by atoms with Gasteiger partial charge < -0.3 is 29.4 Å². The third-order valence-corrected chi connectivity index (χ3v) is 4.18. The van der Waals surface area contributed by atoms with Gasteiger partial charge in [-0.1, -0.05) is 32.1 Å². The summed E-state index contributed by atoms with van der Waals surface area (Å²) in [7, 11) is 1.41. The highest BCUT2D eigenvalue weighted by atomic mass is 16.8. The van der Waals surface area contributed by atoms with Gasteiger partial charge in [-0.3, -0.25) is 4.79 Å². The van der Waals surface area contributed by atoms with Crippen LogP contribution in [0.4, 0.5) is 4.79 Å². The SMILES string of the molecule is COc1cc(CNC(=O)CCCC/C=C/C(C)C)ccc1OC(=O)OCOC(=O)C(C)O. The quantitative estimate of drug-likeness (QED) is 0.154. The van der Waals surface area contributed by atoms with Crippen LogP contribution in [-0.2, 0) is 25.6 Å². The van der Waals surface area contributed by atoms with Crippen molar-refractivity contribution < 1.29 is 38.4 Å². The van der Waals surface area contributed by atoms with Crippen LogP contribution in [0.1, 0.15) is 52.0 Å². The molecule has 32 heavy (non-hydrogen) atoms. The Labute approximate surface area is 188 Å². The molecule has 0 saturated heterocycles. The van der Waals surface area contributed by atoms with Crippen LogP contribution in [-0.4, -0.2) is 43.1 Å². The number of unbranched alkanes of at least 4 members (excludes halogenated alkanes) is 2. The molecule has 0 fully saturated rings. The number of esters is 1. The minimum absolute atomic E-state index is 0.0348. The maximum Gasteiger partial charge on any atom is 0.516 e. The summed E-state index contributed by atoms with van der Waals surface area (Å²) in [6.45, 7) is 5.10. The Balaban J connectivity index is 2.42. The fraction of sp³-hybridized carbons (Fsp3) is 0.522. The zero-order valence-corrected chi connectivity index (χ0v) is 19.1. The summed E-state index contributed by atoms with van der Waals surface area (Å²) < 4.78 is 19.4. The number of methoxy groups -OCH3 is 1. The third kappa shape index (κ3) is 11.4. The molecule has 0 heterocycles. The summed E-state index contributed by atoms with van der Waals surface area (Å²) in [5.74, 6) is -0.0501. The summed E-state index contributed by atoms with van der Waals surface area (Å²) in [6, 6.07) is 4.81. The van der Waals surface area contributed by atoms with E-state index in [1.54, 1.807) is 12.1 Å². The van der Waals surface area contributed by atoms with Gasteiger partial charge in [0.1, 0.15) is 6.10 Å². The maximum atomic E-state index is 12.0. The maximum absolute atomic E-state index is 12.0. The highest BCUT2D eigenvalue weighted by Crippen LogP contribution is 2.28. The van der Waals surface area contributed by atoms with Gasteiger partial charge in [-0.05, 0) is 49.8 Å². The molecule has 0 aliphatic rings. The Morgan fingerprint density at radius 3 is 2.50 bits per heavy atom. The number of nitrogens with one attached hydrogen (secondary N) is 1. The number of rotatable bonds is 13. The number of hydrogen-bond donors (Lipinski definition) is 2. The van der Waals surface area contributed by atoms with Gasteiger partial charge in [-0.25, -0.2) is 9.59 Å². The lowest BCUT2D eigenvalue weighted by Gasteiger charge is -2.12. The molecule has 1 rings (SSSR count). The average Bonchev–Trinajstić information content (AvgIpc) is 2.74. The molecule has 2 N–H and O–H groups in total. The second kappa shape index (κ2) is 14.9. The molecule has 1 amide bonds. The third-order valence-electron chi connectivity index (χ3n) is 4.18. The topological polar surface area (TPSA) is 120 Å². The van der Waals surface area contributed by atoms with Crippen molar-refractivity contribution in [2.75, 3.05) is 13.9 Å². The first-order chi connectivity index (χ1) is 15.2. The van der Waals surface area contributed by atoms with Crippen LogP contribution in [0.2, 0.25) is 0 Å². The van der Waals surface area contributed by atoms with Crippen molar-refractivity contribution in [2.24, 2.45) is 5.92 Å². The van der Waals surface area contributed by atoms with Crippen molar-refractivity contribution >= 4 is 18.0 Å². The van der Waals surface area contributed by atoms with Crippen LogP contribution in [0.15, 0.2) is 30.4 Å². The van der Waals surface area contributed by atoms with Crippen LogP contribution in [0.3, 0.4) is 0 Å². The lowest BCUT2D eigenvalue weighted by Crippen LogP contribution is -2.23. The van der Waals surface area contributed by atoms with E-state index in [9.17, 15) is 14.4 Å². The van der Waals surface area contributed by atoms with E-state index in [-0.39, 0.29) is 17.4 Å². The molecule has 1 atom stereocenters. The molecule has 1 aromatic rings. The van der Waals surface area contributed by atoms with Crippen molar-refractivity contribution in [3.8, 4) is 11.5 Å². The van der Waals surface area contributed by atoms with E-state index in [1.807, 2.05) is 0 Å². The summed E-state index contributed by atoms with van der Waals surface area (Å²) in [6.07, 6.45) is 5.09. The fourth-order valence-electron chi connectivity index (χ4n) is 2.49. The highest BCUT2D eigenvalue weighted by Gasteiger charge is 2.15. The number of carbonyl (C=O) groups is 3. The largest absolute Gasteiger partial charge is 0.516 e. The predicted molar refractivity (Wildman–Crippen MR) is 117 cm³/mol. The Kier molecular flexibility index (Phi) is 12.5. The van der Waals surface area contributed by atoms with Crippen molar-refractivity contribution in [3.63, 3.8) is 0 Å². The average molecular weight is 452 g/mol. The van der Waals surface area contributed by atoms with Crippen LogP contribution >= 0.6 is 0 Å². The van der Waals surface area contributed by atoms with Crippen LogP contribution in [0, 0.1) is 5.92 Å². The Morgan fingerprint density at radius 2 is 1.84 bits per heavy atom. The molecule has 9 nitrogen and oxygen atoms in total. The number of benzene rings is 1. The fourth-order valence-corrected chi connectivity index (χ4v) is 2.49. The van der Waals surface area contributed by atoms with Crippen molar-refractivity contribution in [1.29, 1.82) is 0 Å². The van der Waals surface area contributed by atoms with E-state index in [1.165, 1.54) is 20.1 Å². The molecule has 0 radical (unpaired) electrons. The second-order valence-corrected chi connectivity index (χ2v) is 7.43. The number of ether oxygens (including phenoxy) is 4. The Hall–Kier alpha value is -3.07. The molecule has 0 bridgehead atoms. The highest BCUT2D eigenvalue weighted by molar-refractivity contribution is 5.76. The minimum Gasteiger partial charge on any atom is -0.493 e. The Morgan fingerprint density at radius 1 is 1.09 bits per heavy atom. The summed E-state index contributed by atoms with van der Waals surface area (Å²) in [4.78, 5) is 34.8.